The van der Waals surface area contributed by atoms with E-state index in [-0.39, 0.29) is 36.9 Å². The van der Waals surface area contributed by atoms with Crippen molar-refractivity contribution >= 4 is 11.9 Å². The molecule has 0 aliphatic heterocycles. The number of carbonyl (C=O) groups is 2. The summed E-state index contributed by atoms with van der Waals surface area (Å²) in [5.41, 5.74) is 0.813. The number of hydrogen-bond acceptors (Lipinski definition) is 4. The predicted octanol–water partition coefficient (Wildman–Crippen LogP) is 0.641. The maximum absolute atomic E-state index is 12.1. The van der Waals surface area contributed by atoms with E-state index in [0.717, 1.165) is 0 Å². The molecule has 0 atom stereocenters. The number of aromatic nitrogens is 2. The number of nitrogens with zero attached hydrogens (tertiary/aromatic N) is 2. The molecule has 0 aromatic carbocycles. The second kappa shape index (κ2) is 7.01. The van der Waals surface area contributed by atoms with Crippen molar-refractivity contribution in [2.45, 2.75) is 46.6 Å². The van der Waals surface area contributed by atoms with Crippen LogP contribution in [0.5, 0.6) is 0 Å². The summed E-state index contributed by atoms with van der Waals surface area (Å²) in [6.07, 6.45) is 0.330. The number of carboxylic acids is 1. The van der Waals surface area contributed by atoms with Gasteiger partial charge in [0.05, 0.1) is 0 Å². The summed E-state index contributed by atoms with van der Waals surface area (Å²) in [7, 11) is 0. The fraction of sp³-hybridized carbons (Fsp3) is 0.571. The van der Waals surface area contributed by atoms with Crippen LogP contribution in [0.2, 0.25) is 0 Å². The second-order valence-corrected chi connectivity index (χ2v) is 5.22. The Morgan fingerprint density at radius 1 is 1.33 bits per heavy atom. The zero-order chi connectivity index (χ0) is 16.2. The molecule has 1 rings (SSSR count). The number of aryl methyl sites for hydroxylation is 2. The quantitative estimate of drug-likeness (QED) is 0.801. The van der Waals surface area contributed by atoms with Crippen molar-refractivity contribution in [3.8, 4) is 0 Å². The molecule has 0 aliphatic rings. The summed E-state index contributed by atoms with van der Waals surface area (Å²) in [6, 6.07) is -0.205. The van der Waals surface area contributed by atoms with Crippen LogP contribution in [0.4, 0.5) is 0 Å². The van der Waals surface area contributed by atoms with E-state index >= 15 is 0 Å². The van der Waals surface area contributed by atoms with Crippen LogP contribution in [0.3, 0.4) is 0 Å². The highest BCUT2D eigenvalue weighted by Crippen LogP contribution is 2.07. The zero-order valence-corrected chi connectivity index (χ0v) is 12.8. The number of aromatic amines is 1. The molecule has 1 aromatic rings. The van der Waals surface area contributed by atoms with E-state index in [4.69, 9.17) is 5.11 Å². The standard InChI is InChI=1S/C14H21N3O4/c1-8(2)17(7-13(19)20)12(18)6-5-11-9(3)15-10(4)16-14(11)21/h8H,5-7H2,1-4H3,(H,19,20)(H,15,16,21). The second-order valence-electron chi connectivity index (χ2n) is 5.22. The number of hydrogen-bond donors (Lipinski definition) is 2. The number of rotatable bonds is 6. The van der Waals surface area contributed by atoms with E-state index in [1.165, 1.54) is 4.90 Å². The first kappa shape index (κ1) is 16.9. The van der Waals surface area contributed by atoms with Gasteiger partial charge in [-0.25, -0.2) is 4.98 Å². The van der Waals surface area contributed by atoms with Gasteiger partial charge in [0, 0.05) is 23.7 Å². The lowest BCUT2D eigenvalue weighted by atomic mass is 10.1. The van der Waals surface area contributed by atoms with E-state index in [2.05, 4.69) is 9.97 Å². The van der Waals surface area contributed by atoms with Crippen LogP contribution in [-0.2, 0) is 16.0 Å². The molecule has 7 heteroatoms. The summed E-state index contributed by atoms with van der Waals surface area (Å²) < 4.78 is 0. The highest BCUT2D eigenvalue weighted by molar-refractivity contribution is 5.81. The zero-order valence-electron chi connectivity index (χ0n) is 12.8. The van der Waals surface area contributed by atoms with Gasteiger partial charge in [-0.2, -0.15) is 0 Å². The first-order valence-electron chi connectivity index (χ1n) is 6.80. The molecule has 1 amide bonds. The Kier molecular flexibility index (Phi) is 5.63. The average Bonchev–Trinajstić information content (AvgIpc) is 2.33. The highest BCUT2D eigenvalue weighted by atomic mass is 16.4. The topological polar surface area (TPSA) is 103 Å². The van der Waals surface area contributed by atoms with Gasteiger partial charge in [-0.15, -0.1) is 0 Å². The Balaban J connectivity index is 2.80. The third-order valence-corrected chi connectivity index (χ3v) is 3.18. The maximum Gasteiger partial charge on any atom is 0.323 e. The minimum atomic E-state index is -1.05. The van der Waals surface area contributed by atoms with Crippen molar-refractivity contribution < 1.29 is 14.7 Å². The van der Waals surface area contributed by atoms with Crippen LogP contribution in [0, 0.1) is 13.8 Å². The molecule has 0 fully saturated rings. The molecule has 1 aromatic heterocycles. The van der Waals surface area contributed by atoms with Crippen LogP contribution in [0.15, 0.2) is 4.79 Å². The lowest BCUT2D eigenvalue weighted by molar-refractivity contribution is -0.145. The van der Waals surface area contributed by atoms with Gasteiger partial charge in [-0.3, -0.25) is 14.4 Å². The summed E-state index contributed by atoms with van der Waals surface area (Å²) in [4.78, 5) is 42.8. The van der Waals surface area contributed by atoms with Crippen LogP contribution < -0.4 is 5.56 Å². The van der Waals surface area contributed by atoms with E-state index in [0.29, 0.717) is 17.1 Å². The van der Waals surface area contributed by atoms with Gasteiger partial charge in [-0.05, 0) is 34.1 Å². The number of amides is 1. The first-order valence-corrected chi connectivity index (χ1v) is 6.80. The van der Waals surface area contributed by atoms with Crippen molar-refractivity contribution in [2.24, 2.45) is 0 Å². The SMILES string of the molecule is Cc1nc(C)c(CCC(=O)N(CC(=O)O)C(C)C)c(=O)[nH]1. The smallest absolute Gasteiger partial charge is 0.323 e. The monoisotopic (exact) mass is 295 g/mol. The Hall–Kier alpha value is -2.18. The van der Waals surface area contributed by atoms with Gasteiger partial charge < -0.3 is 15.0 Å². The molecule has 116 valence electrons. The normalized spacial score (nSPS) is 10.7. The molecular weight excluding hydrogens is 274 g/mol. The van der Waals surface area contributed by atoms with Crippen LogP contribution in [0.1, 0.15) is 37.4 Å². The molecule has 0 saturated heterocycles. The fourth-order valence-electron chi connectivity index (χ4n) is 2.13. The Morgan fingerprint density at radius 2 is 1.95 bits per heavy atom. The van der Waals surface area contributed by atoms with Gasteiger partial charge >= 0.3 is 5.97 Å². The van der Waals surface area contributed by atoms with E-state index in [1.54, 1.807) is 27.7 Å². The van der Waals surface area contributed by atoms with E-state index in [9.17, 15) is 14.4 Å². The summed E-state index contributed by atoms with van der Waals surface area (Å²) in [6.45, 7) is 6.59. The molecule has 1 heterocycles. The molecule has 0 aliphatic carbocycles. The van der Waals surface area contributed by atoms with E-state index < -0.39 is 5.97 Å². The minimum absolute atomic E-state index is 0.0835. The maximum atomic E-state index is 12.1. The van der Waals surface area contributed by atoms with Crippen molar-refractivity contribution in [3.05, 3.63) is 27.4 Å². The first-order chi connectivity index (χ1) is 9.72. The molecule has 0 spiro atoms. The molecule has 21 heavy (non-hydrogen) atoms. The van der Waals surface area contributed by atoms with Crippen molar-refractivity contribution in [2.75, 3.05) is 6.54 Å². The predicted molar refractivity (Wildman–Crippen MR) is 77.1 cm³/mol. The number of carboxylic acid groups (broad SMARTS) is 1. The molecule has 0 unspecified atom stereocenters. The minimum Gasteiger partial charge on any atom is -0.480 e. The number of carbonyl (C=O) groups excluding carboxylic acids is 1. The average molecular weight is 295 g/mol. The molecular formula is C14H21N3O4. The lowest BCUT2D eigenvalue weighted by Crippen LogP contribution is -2.41. The van der Waals surface area contributed by atoms with E-state index in [1.807, 2.05) is 0 Å². The summed E-state index contributed by atoms with van der Waals surface area (Å²) in [5.74, 6) is -0.808. The van der Waals surface area contributed by atoms with Crippen molar-refractivity contribution in [3.63, 3.8) is 0 Å². The lowest BCUT2D eigenvalue weighted by Gasteiger charge is -2.24. The summed E-state index contributed by atoms with van der Waals surface area (Å²) >= 11 is 0. The van der Waals surface area contributed by atoms with Crippen molar-refractivity contribution in [1.82, 2.24) is 14.9 Å². The van der Waals surface area contributed by atoms with Crippen LogP contribution in [-0.4, -0.2) is 44.4 Å². The Bertz CT molecular complexity index is 592. The molecule has 2 N–H and O–H groups in total. The largest absolute Gasteiger partial charge is 0.480 e. The fourth-order valence-corrected chi connectivity index (χ4v) is 2.13. The molecule has 0 radical (unpaired) electrons. The third kappa shape index (κ3) is 4.70. The number of nitrogens with one attached hydrogen (secondary N) is 1. The van der Waals surface area contributed by atoms with Gasteiger partial charge in [0.2, 0.25) is 5.91 Å². The number of H-pyrrole nitrogens is 1. The molecule has 0 saturated carbocycles. The summed E-state index contributed by atoms with van der Waals surface area (Å²) in [5, 5.41) is 8.83. The molecule has 0 bridgehead atoms. The van der Waals surface area contributed by atoms with Crippen LogP contribution >= 0.6 is 0 Å². The van der Waals surface area contributed by atoms with Crippen molar-refractivity contribution in [1.29, 1.82) is 0 Å². The highest BCUT2D eigenvalue weighted by Gasteiger charge is 2.20. The van der Waals surface area contributed by atoms with Gasteiger partial charge in [0.15, 0.2) is 0 Å². The third-order valence-electron chi connectivity index (χ3n) is 3.18. The number of aliphatic carboxylic acids is 1. The molecule has 7 nitrogen and oxygen atoms in total. The Labute approximate surface area is 123 Å². The van der Waals surface area contributed by atoms with Crippen LogP contribution in [0.25, 0.3) is 0 Å². The Morgan fingerprint density at radius 3 is 2.43 bits per heavy atom. The van der Waals surface area contributed by atoms with Gasteiger partial charge in [0.25, 0.3) is 5.56 Å². The van der Waals surface area contributed by atoms with Gasteiger partial charge in [0.1, 0.15) is 12.4 Å². The van der Waals surface area contributed by atoms with Gasteiger partial charge in [-0.1, -0.05) is 0 Å².